The van der Waals surface area contributed by atoms with Crippen LogP contribution in [0.5, 0.6) is 5.75 Å². The van der Waals surface area contributed by atoms with Crippen LogP contribution in [0.1, 0.15) is 24.8 Å². The van der Waals surface area contributed by atoms with Crippen molar-refractivity contribution >= 4 is 45.3 Å². The highest BCUT2D eigenvalue weighted by molar-refractivity contribution is 8.14. The Morgan fingerprint density at radius 2 is 2.07 bits per heavy atom. The van der Waals surface area contributed by atoms with Crippen LogP contribution >= 0.6 is 11.8 Å². The summed E-state index contributed by atoms with van der Waals surface area (Å²) in [5.74, 6) is 0.169. The summed E-state index contributed by atoms with van der Waals surface area (Å²) in [6.45, 7) is 2.80. The van der Waals surface area contributed by atoms with E-state index >= 15 is 0 Å². The molecule has 27 heavy (non-hydrogen) atoms. The Hall–Kier alpha value is -3.21. The maximum atomic E-state index is 12.1. The zero-order valence-corrected chi connectivity index (χ0v) is 15.5. The standard InChI is InChI=1S/C16H15N7O3S/c1-8(24)17-16-19-22(9(2)25)15(27-16)12-6-10-4-5-11(26-3)7-13(10)23-14(12)18-20-21-23/h4-7,15H,1-3H3,(H,17,19,24). The number of fused-ring (bicyclic) bond motifs is 3. The molecule has 10 nitrogen and oxygen atoms in total. The molecule has 4 rings (SSSR count). The Bertz CT molecular complexity index is 1110. The van der Waals surface area contributed by atoms with Gasteiger partial charge >= 0.3 is 0 Å². The number of hydrogen-bond acceptors (Lipinski definition) is 8. The molecule has 0 saturated heterocycles. The fraction of sp³-hybridized carbons (Fsp3) is 0.250. The van der Waals surface area contributed by atoms with Gasteiger partial charge in [-0.1, -0.05) is 11.8 Å². The summed E-state index contributed by atoms with van der Waals surface area (Å²) in [5.41, 5.74) is 1.99. The minimum Gasteiger partial charge on any atom is -0.497 e. The van der Waals surface area contributed by atoms with Crippen molar-refractivity contribution in [3.63, 3.8) is 0 Å². The minimum absolute atomic E-state index is 0.256. The lowest BCUT2D eigenvalue weighted by Crippen LogP contribution is -2.25. The number of benzene rings is 1. The van der Waals surface area contributed by atoms with Gasteiger partial charge in [-0.3, -0.25) is 9.59 Å². The summed E-state index contributed by atoms with van der Waals surface area (Å²) in [7, 11) is 1.59. The molecule has 1 aliphatic heterocycles. The first-order valence-corrected chi connectivity index (χ1v) is 8.87. The van der Waals surface area contributed by atoms with E-state index in [2.05, 4.69) is 25.9 Å². The van der Waals surface area contributed by atoms with Gasteiger partial charge in [-0.2, -0.15) is 4.52 Å². The quantitative estimate of drug-likeness (QED) is 0.707. The number of nitrogens with zero attached hydrogens (tertiary/aromatic N) is 6. The summed E-state index contributed by atoms with van der Waals surface area (Å²) in [4.78, 5) is 23.5. The van der Waals surface area contributed by atoms with Crippen molar-refractivity contribution in [3.8, 4) is 5.75 Å². The zero-order chi connectivity index (χ0) is 19.1. The van der Waals surface area contributed by atoms with Crippen LogP contribution in [0.2, 0.25) is 0 Å². The van der Waals surface area contributed by atoms with Gasteiger partial charge in [-0.05, 0) is 28.6 Å². The molecule has 11 heteroatoms. The van der Waals surface area contributed by atoms with E-state index in [1.54, 1.807) is 11.6 Å². The molecule has 1 aromatic carbocycles. The summed E-state index contributed by atoms with van der Waals surface area (Å²) < 4.78 is 6.88. The second-order valence-corrected chi connectivity index (χ2v) is 6.93. The molecule has 0 aliphatic carbocycles. The van der Waals surface area contributed by atoms with E-state index in [1.807, 2.05) is 24.3 Å². The van der Waals surface area contributed by atoms with Crippen molar-refractivity contribution in [1.82, 2.24) is 30.4 Å². The number of amides is 2. The number of thioether (sulfide) groups is 1. The molecule has 0 bridgehead atoms. The number of aromatic nitrogens is 4. The molecular formula is C16H15N7O3S. The van der Waals surface area contributed by atoms with Crippen molar-refractivity contribution in [1.29, 1.82) is 0 Å². The van der Waals surface area contributed by atoms with Crippen LogP contribution in [0.25, 0.3) is 16.6 Å². The first-order valence-electron chi connectivity index (χ1n) is 7.99. The van der Waals surface area contributed by atoms with Gasteiger partial charge in [0.25, 0.3) is 0 Å². The summed E-state index contributed by atoms with van der Waals surface area (Å²) in [6.07, 6.45) is 0. The van der Waals surface area contributed by atoms with Gasteiger partial charge in [-0.25, -0.2) is 5.01 Å². The third-order valence-electron chi connectivity index (χ3n) is 4.02. The first-order chi connectivity index (χ1) is 13.0. The normalized spacial score (nSPS) is 16.6. The van der Waals surface area contributed by atoms with Crippen LogP contribution in [0.3, 0.4) is 0 Å². The van der Waals surface area contributed by atoms with Gasteiger partial charge < -0.3 is 10.1 Å². The number of nitrogens with one attached hydrogen (secondary N) is 1. The van der Waals surface area contributed by atoms with Crippen molar-refractivity contribution < 1.29 is 14.3 Å². The van der Waals surface area contributed by atoms with E-state index in [1.165, 1.54) is 30.6 Å². The first kappa shape index (κ1) is 17.2. The fourth-order valence-corrected chi connectivity index (χ4v) is 4.01. The SMILES string of the molecule is COc1ccc2cc(C3SC(NC(C)=O)=NN3C(C)=O)c3nnnn3c2c1. The molecule has 1 unspecified atom stereocenters. The number of hydrazone groups is 1. The van der Waals surface area contributed by atoms with Crippen LogP contribution in [-0.2, 0) is 9.59 Å². The van der Waals surface area contributed by atoms with E-state index < -0.39 is 5.37 Å². The fourth-order valence-electron chi connectivity index (χ4n) is 2.86. The number of carbonyl (C=O) groups excluding carboxylic acids is 2. The van der Waals surface area contributed by atoms with Crippen LogP contribution in [0, 0.1) is 0 Å². The Balaban J connectivity index is 1.86. The minimum atomic E-state index is -0.496. The Morgan fingerprint density at radius 1 is 1.26 bits per heavy atom. The molecule has 1 N–H and O–H groups in total. The number of ether oxygens (including phenoxy) is 1. The van der Waals surface area contributed by atoms with Crippen LogP contribution in [-0.4, -0.2) is 49.1 Å². The Morgan fingerprint density at radius 3 is 2.78 bits per heavy atom. The van der Waals surface area contributed by atoms with Crippen LogP contribution in [0.4, 0.5) is 0 Å². The molecule has 2 amide bonds. The summed E-state index contributed by atoms with van der Waals surface area (Å²) >= 11 is 1.25. The Kier molecular flexibility index (Phi) is 4.15. The maximum absolute atomic E-state index is 12.1. The number of amidine groups is 1. The zero-order valence-electron chi connectivity index (χ0n) is 14.7. The second kappa shape index (κ2) is 6.50. The van der Waals surface area contributed by atoms with Gasteiger partial charge in [0.05, 0.1) is 12.6 Å². The topological polar surface area (TPSA) is 114 Å². The largest absolute Gasteiger partial charge is 0.497 e. The second-order valence-electron chi connectivity index (χ2n) is 5.86. The highest BCUT2D eigenvalue weighted by Gasteiger charge is 2.34. The summed E-state index contributed by atoms with van der Waals surface area (Å²) in [6, 6.07) is 7.49. The molecule has 3 aromatic rings. The van der Waals surface area contributed by atoms with E-state index in [0.717, 1.165) is 10.9 Å². The van der Waals surface area contributed by atoms with Crippen molar-refractivity contribution in [2.24, 2.45) is 5.10 Å². The number of tetrazole rings is 1. The average molecular weight is 385 g/mol. The molecule has 0 saturated carbocycles. The monoisotopic (exact) mass is 385 g/mol. The van der Waals surface area contributed by atoms with Crippen LogP contribution in [0.15, 0.2) is 29.4 Å². The van der Waals surface area contributed by atoms with Gasteiger partial charge in [0.1, 0.15) is 11.1 Å². The van der Waals surface area contributed by atoms with Gasteiger partial charge in [-0.15, -0.1) is 10.2 Å². The number of hydrogen-bond donors (Lipinski definition) is 1. The predicted molar refractivity (Wildman–Crippen MR) is 98.9 cm³/mol. The van der Waals surface area contributed by atoms with E-state index in [-0.39, 0.29) is 11.8 Å². The number of pyridine rings is 1. The van der Waals surface area contributed by atoms with Crippen molar-refractivity contribution in [2.75, 3.05) is 7.11 Å². The highest BCUT2D eigenvalue weighted by Crippen LogP contribution is 2.41. The summed E-state index contributed by atoms with van der Waals surface area (Å²) in [5, 5.41) is 20.9. The van der Waals surface area contributed by atoms with Gasteiger partial charge in [0.2, 0.25) is 11.8 Å². The van der Waals surface area contributed by atoms with Gasteiger partial charge in [0.15, 0.2) is 10.8 Å². The van der Waals surface area contributed by atoms with Crippen molar-refractivity contribution in [3.05, 3.63) is 29.8 Å². The molecule has 0 radical (unpaired) electrons. The molecule has 138 valence electrons. The highest BCUT2D eigenvalue weighted by atomic mass is 32.2. The number of carbonyl (C=O) groups is 2. The van der Waals surface area contributed by atoms with Gasteiger partial charge in [0, 0.05) is 30.9 Å². The number of rotatable bonds is 2. The Labute approximate surface area is 157 Å². The lowest BCUT2D eigenvalue weighted by atomic mass is 10.1. The molecule has 3 heterocycles. The van der Waals surface area contributed by atoms with E-state index in [9.17, 15) is 9.59 Å². The molecule has 0 spiro atoms. The molecule has 2 aromatic heterocycles. The molecule has 1 atom stereocenters. The lowest BCUT2D eigenvalue weighted by molar-refractivity contribution is -0.129. The number of methoxy groups -OCH3 is 1. The van der Waals surface area contributed by atoms with Crippen LogP contribution < -0.4 is 10.1 Å². The predicted octanol–water partition coefficient (Wildman–Crippen LogP) is 1.29. The third-order valence-corrected chi connectivity index (χ3v) is 5.10. The van der Waals surface area contributed by atoms with E-state index in [4.69, 9.17) is 4.74 Å². The average Bonchev–Trinajstić information content (AvgIpc) is 3.27. The molecule has 1 aliphatic rings. The van der Waals surface area contributed by atoms with Crippen molar-refractivity contribution in [2.45, 2.75) is 19.2 Å². The molecular weight excluding hydrogens is 370 g/mol. The molecule has 0 fully saturated rings. The smallest absolute Gasteiger partial charge is 0.241 e. The maximum Gasteiger partial charge on any atom is 0.241 e. The third kappa shape index (κ3) is 2.95. The lowest BCUT2D eigenvalue weighted by Gasteiger charge is -2.20. The van der Waals surface area contributed by atoms with E-state index in [0.29, 0.717) is 22.1 Å².